The van der Waals surface area contributed by atoms with Gasteiger partial charge < -0.3 is 5.32 Å². The van der Waals surface area contributed by atoms with Gasteiger partial charge in [-0.25, -0.2) is 0 Å². The van der Waals surface area contributed by atoms with Crippen molar-refractivity contribution in [1.29, 1.82) is 0 Å². The molecule has 1 N–H and O–H groups in total. The van der Waals surface area contributed by atoms with E-state index >= 15 is 0 Å². The lowest BCUT2D eigenvalue weighted by molar-refractivity contribution is 0.357. The van der Waals surface area contributed by atoms with Gasteiger partial charge in [-0.05, 0) is 44.0 Å². The summed E-state index contributed by atoms with van der Waals surface area (Å²) in [4.78, 5) is 0. The number of hydrogen-bond acceptors (Lipinski definition) is 1. The van der Waals surface area contributed by atoms with Crippen LogP contribution in [-0.2, 0) is 6.42 Å². The van der Waals surface area contributed by atoms with E-state index in [4.69, 9.17) is 23.2 Å². The zero-order chi connectivity index (χ0) is 11.6. The Morgan fingerprint density at radius 3 is 2.50 bits per heavy atom. The molecule has 0 unspecified atom stereocenters. The smallest absolute Gasteiger partial charge is 0.0453 e. The first kappa shape index (κ1) is 12.2. The van der Waals surface area contributed by atoms with Gasteiger partial charge in [0, 0.05) is 15.6 Å². The van der Waals surface area contributed by atoms with Crippen molar-refractivity contribution in [3.05, 3.63) is 33.8 Å². The summed E-state index contributed by atoms with van der Waals surface area (Å²) in [6.45, 7) is 0. The van der Waals surface area contributed by atoms with Gasteiger partial charge in [-0.3, -0.25) is 0 Å². The van der Waals surface area contributed by atoms with Gasteiger partial charge in [0.25, 0.3) is 0 Å². The van der Waals surface area contributed by atoms with Crippen LogP contribution < -0.4 is 5.32 Å². The molecule has 3 heteroatoms. The number of halogens is 2. The quantitative estimate of drug-likeness (QED) is 0.861. The molecule has 1 nitrogen and oxygen atoms in total. The molecule has 88 valence electrons. The number of benzene rings is 1. The van der Waals surface area contributed by atoms with Crippen LogP contribution in [0.1, 0.15) is 31.2 Å². The van der Waals surface area contributed by atoms with Crippen molar-refractivity contribution in [3.63, 3.8) is 0 Å². The minimum Gasteiger partial charge on any atom is -0.314 e. The Balaban J connectivity index is 2.19. The topological polar surface area (TPSA) is 12.0 Å². The van der Waals surface area contributed by atoms with Crippen molar-refractivity contribution in [2.45, 2.75) is 37.6 Å². The van der Waals surface area contributed by atoms with Crippen LogP contribution in [-0.4, -0.2) is 12.6 Å². The lowest BCUT2D eigenvalue weighted by Gasteiger charge is -2.29. The van der Waals surface area contributed by atoms with E-state index < -0.39 is 0 Å². The molecule has 2 rings (SSSR count). The Morgan fingerprint density at radius 2 is 1.94 bits per heavy atom. The molecular weight excluding hydrogens is 241 g/mol. The molecule has 0 amide bonds. The first-order valence-corrected chi connectivity index (χ1v) is 6.54. The zero-order valence-electron chi connectivity index (χ0n) is 9.52. The average molecular weight is 258 g/mol. The third kappa shape index (κ3) is 2.53. The van der Waals surface area contributed by atoms with Crippen molar-refractivity contribution < 1.29 is 0 Å². The molecule has 1 fully saturated rings. The first-order chi connectivity index (χ1) is 7.65. The van der Waals surface area contributed by atoms with Crippen molar-refractivity contribution >= 4 is 23.2 Å². The molecule has 0 aliphatic heterocycles. The lowest BCUT2D eigenvalue weighted by atomic mass is 9.89. The highest BCUT2D eigenvalue weighted by atomic mass is 35.5. The number of likely N-dealkylation sites (N-methyl/N-ethyl adjacent to an activating group) is 1. The summed E-state index contributed by atoms with van der Waals surface area (Å²) in [6, 6.07) is 5.79. The van der Waals surface area contributed by atoms with E-state index in [0.29, 0.717) is 5.02 Å². The van der Waals surface area contributed by atoms with E-state index in [1.54, 1.807) is 0 Å². The third-order valence-electron chi connectivity index (χ3n) is 3.63. The highest BCUT2D eigenvalue weighted by Gasteiger charge is 2.32. The van der Waals surface area contributed by atoms with Crippen LogP contribution in [0.25, 0.3) is 0 Å². The predicted molar refractivity (Wildman–Crippen MR) is 70.4 cm³/mol. The summed E-state index contributed by atoms with van der Waals surface area (Å²) in [5, 5.41) is 4.97. The molecule has 0 radical (unpaired) electrons. The molecule has 1 aliphatic rings. The second-order valence-corrected chi connectivity index (χ2v) is 5.49. The Morgan fingerprint density at radius 1 is 1.25 bits per heavy atom. The SMILES string of the molecule is CNC1(Cc2ccc(Cl)cc2Cl)CCCC1. The summed E-state index contributed by atoms with van der Waals surface area (Å²) >= 11 is 12.1. The molecule has 0 atom stereocenters. The Labute approximate surface area is 107 Å². The van der Waals surface area contributed by atoms with Crippen LogP contribution in [0.3, 0.4) is 0 Å². The maximum atomic E-state index is 6.21. The number of rotatable bonds is 3. The summed E-state index contributed by atoms with van der Waals surface area (Å²) in [6.07, 6.45) is 6.10. The molecule has 1 aromatic carbocycles. The van der Waals surface area contributed by atoms with Crippen LogP contribution in [0.2, 0.25) is 10.0 Å². The number of hydrogen-bond donors (Lipinski definition) is 1. The summed E-state index contributed by atoms with van der Waals surface area (Å²) in [5.74, 6) is 0. The molecule has 0 spiro atoms. The van der Waals surface area contributed by atoms with E-state index in [0.717, 1.165) is 11.4 Å². The summed E-state index contributed by atoms with van der Waals surface area (Å²) in [5.41, 5.74) is 1.44. The second-order valence-electron chi connectivity index (χ2n) is 4.65. The largest absolute Gasteiger partial charge is 0.314 e. The van der Waals surface area contributed by atoms with E-state index in [1.165, 1.54) is 31.2 Å². The van der Waals surface area contributed by atoms with Crippen molar-refractivity contribution in [3.8, 4) is 0 Å². The Hall–Kier alpha value is -0.240. The fourth-order valence-corrected chi connectivity index (χ4v) is 3.07. The highest BCUT2D eigenvalue weighted by molar-refractivity contribution is 6.35. The van der Waals surface area contributed by atoms with E-state index in [1.807, 2.05) is 18.2 Å². The molecule has 16 heavy (non-hydrogen) atoms. The molecule has 0 heterocycles. The molecule has 0 saturated heterocycles. The lowest BCUT2D eigenvalue weighted by Crippen LogP contribution is -2.42. The van der Waals surface area contributed by atoms with Crippen molar-refractivity contribution in [2.75, 3.05) is 7.05 Å². The van der Waals surface area contributed by atoms with Gasteiger partial charge in [0.05, 0.1) is 0 Å². The van der Waals surface area contributed by atoms with Gasteiger partial charge >= 0.3 is 0 Å². The van der Waals surface area contributed by atoms with Crippen LogP contribution in [0.4, 0.5) is 0 Å². The first-order valence-electron chi connectivity index (χ1n) is 5.78. The highest BCUT2D eigenvalue weighted by Crippen LogP contribution is 2.34. The Kier molecular flexibility index (Phi) is 3.78. The number of nitrogens with one attached hydrogen (secondary N) is 1. The average Bonchev–Trinajstić information content (AvgIpc) is 2.72. The maximum Gasteiger partial charge on any atom is 0.0453 e. The zero-order valence-corrected chi connectivity index (χ0v) is 11.0. The van der Waals surface area contributed by atoms with Crippen LogP contribution in [0.15, 0.2) is 18.2 Å². The molecule has 1 saturated carbocycles. The van der Waals surface area contributed by atoms with Crippen LogP contribution in [0.5, 0.6) is 0 Å². The standard InChI is InChI=1S/C13H17Cl2N/c1-16-13(6-2-3-7-13)9-10-4-5-11(14)8-12(10)15/h4-5,8,16H,2-3,6-7,9H2,1H3. The summed E-state index contributed by atoms with van der Waals surface area (Å²) < 4.78 is 0. The molecule has 0 bridgehead atoms. The van der Waals surface area contributed by atoms with E-state index in [9.17, 15) is 0 Å². The van der Waals surface area contributed by atoms with Gasteiger partial charge in [-0.1, -0.05) is 42.1 Å². The van der Waals surface area contributed by atoms with Crippen LogP contribution >= 0.6 is 23.2 Å². The molecule has 1 aromatic rings. The third-order valence-corrected chi connectivity index (χ3v) is 4.22. The molecular formula is C13H17Cl2N. The fraction of sp³-hybridized carbons (Fsp3) is 0.538. The molecule has 0 aromatic heterocycles. The predicted octanol–water partition coefficient (Wildman–Crippen LogP) is 4.07. The van der Waals surface area contributed by atoms with Gasteiger partial charge in [0.1, 0.15) is 0 Å². The van der Waals surface area contributed by atoms with Gasteiger partial charge in [-0.15, -0.1) is 0 Å². The minimum absolute atomic E-state index is 0.247. The van der Waals surface area contributed by atoms with E-state index in [-0.39, 0.29) is 5.54 Å². The van der Waals surface area contributed by atoms with Crippen molar-refractivity contribution in [2.24, 2.45) is 0 Å². The monoisotopic (exact) mass is 257 g/mol. The summed E-state index contributed by atoms with van der Waals surface area (Å²) in [7, 11) is 2.05. The van der Waals surface area contributed by atoms with Crippen molar-refractivity contribution in [1.82, 2.24) is 5.32 Å². The van der Waals surface area contributed by atoms with Gasteiger partial charge in [0.15, 0.2) is 0 Å². The Bertz CT molecular complexity index is 370. The maximum absolute atomic E-state index is 6.21. The molecule has 1 aliphatic carbocycles. The van der Waals surface area contributed by atoms with Crippen LogP contribution in [0, 0.1) is 0 Å². The van der Waals surface area contributed by atoms with Gasteiger partial charge in [0.2, 0.25) is 0 Å². The fourth-order valence-electron chi connectivity index (χ4n) is 2.60. The van der Waals surface area contributed by atoms with E-state index in [2.05, 4.69) is 12.4 Å². The normalized spacial score (nSPS) is 18.9. The second kappa shape index (κ2) is 4.95. The minimum atomic E-state index is 0.247. The van der Waals surface area contributed by atoms with Gasteiger partial charge in [-0.2, -0.15) is 0 Å².